The lowest BCUT2D eigenvalue weighted by molar-refractivity contribution is 0.474. The summed E-state index contributed by atoms with van der Waals surface area (Å²) in [5.41, 5.74) is 3.95. The number of aryl methyl sites for hydroxylation is 1. The van der Waals surface area contributed by atoms with E-state index in [0.29, 0.717) is 6.04 Å². The molecule has 0 bridgehead atoms. The quantitative estimate of drug-likeness (QED) is 0.911. The van der Waals surface area contributed by atoms with Crippen molar-refractivity contribution < 1.29 is 0 Å². The second-order valence-corrected chi connectivity index (χ2v) is 7.54. The van der Waals surface area contributed by atoms with Crippen molar-refractivity contribution in [2.45, 2.75) is 59.0 Å². The number of anilines is 2. The summed E-state index contributed by atoms with van der Waals surface area (Å²) < 4.78 is 0. The van der Waals surface area contributed by atoms with Gasteiger partial charge in [-0.2, -0.15) is 4.98 Å². The van der Waals surface area contributed by atoms with Crippen LogP contribution in [-0.4, -0.2) is 22.6 Å². The molecule has 0 amide bonds. The summed E-state index contributed by atoms with van der Waals surface area (Å²) in [4.78, 5) is 11.7. The topological polar surface area (TPSA) is 41.1 Å². The lowest BCUT2D eigenvalue weighted by Gasteiger charge is -2.40. The molecule has 4 heteroatoms. The maximum Gasteiger partial charge on any atom is 0.225 e. The summed E-state index contributed by atoms with van der Waals surface area (Å²) in [5, 5.41) is 3.40. The van der Waals surface area contributed by atoms with Gasteiger partial charge in [-0.25, -0.2) is 4.98 Å². The molecule has 3 rings (SSSR count). The van der Waals surface area contributed by atoms with Crippen LogP contribution >= 0.6 is 0 Å². The molecule has 0 aliphatic carbocycles. The SMILES string of the molecule is CC[C@H](C)Nc1nc(C)cc(N2Cc3ccccc3C(C)(C)C2)n1. The highest BCUT2D eigenvalue weighted by molar-refractivity contribution is 5.50. The first-order chi connectivity index (χ1) is 11.4. The van der Waals surface area contributed by atoms with E-state index in [1.54, 1.807) is 0 Å². The molecule has 0 radical (unpaired) electrons. The molecule has 1 aromatic carbocycles. The Morgan fingerprint density at radius 2 is 2.00 bits per heavy atom. The van der Waals surface area contributed by atoms with Crippen LogP contribution in [0.5, 0.6) is 0 Å². The van der Waals surface area contributed by atoms with E-state index in [2.05, 4.69) is 73.2 Å². The lowest BCUT2D eigenvalue weighted by Crippen LogP contribution is -2.42. The summed E-state index contributed by atoms with van der Waals surface area (Å²) in [7, 11) is 0. The Morgan fingerprint density at radius 3 is 2.75 bits per heavy atom. The number of hydrogen-bond acceptors (Lipinski definition) is 4. The zero-order valence-corrected chi connectivity index (χ0v) is 15.4. The Labute approximate surface area is 145 Å². The predicted molar refractivity (Wildman–Crippen MR) is 101 cm³/mol. The van der Waals surface area contributed by atoms with Gasteiger partial charge in [0.1, 0.15) is 5.82 Å². The standard InChI is InChI=1S/C20H28N4/c1-6-14(2)21-19-22-15(3)11-18(23-19)24-12-16-9-7-8-10-17(16)20(4,5)13-24/h7-11,14H,6,12-13H2,1-5H3,(H,21,22,23)/t14-/m0/s1. The fourth-order valence-corrected chi connectivity index (χ4v) is 3.41. The first-order valence-electron chi connectivity index (χ1n) is 8.84. The van der Waals surface area contributed by atoms with Gasteiger partial charge in [-0.3, -0.25) is 0 Å². The van der Waals surface area contributed by atoms with Gasteiger partial charge in [0.05, 0.1) is 0 Å². The predicted octanol–water partition coefficient (Wildman–Crippen LogP) is 4.29. The van der Waals surface area contributed by atoms with Crippen LogP contribution in [0.15, 0.2) is 30.3 Å². The zero-order valence-electron chi connectivity index (χ0n) is 15.4. The number of aromatic nitrogens is 2. The van der Waals surface area contributed by atoms with Gasteiger partial charge in [-0.1, -0.05) is 45.0 Å². The largest absolute Gasteiger partial charge is 0.352 e. The second kappa shape index (κ2) is 6.42. The molecule has 0 spiro atoms. The maximum absolute atomic E-state index is 4.79. The van der Waals surface area contributed by atoms with Crippen LogP contribution in [0, 0.1) is 6.92 Å². The van der Waals surface area contributed by atoms with Crippen LogP contribution in [0.25, 0.3) is 0 Å². The molecule has 1 aliphatic rings. The molecule has 0 saturated carbocycles. The van der Waals surface area contributed by atoms with Crippen molar-refractivity contribution >= 4 is 11.8 Å². The molecule has 128 valence electrons. The monoisotopic (exact) mass is 324 g/mol. The van der Waals surface area contributed by atoms with Gasteiger partial charge in [0.2, 0.25) is 5.95 Å². The number of nitrogens with one attached hydrogen (secondary N) is 1. The van der Waals surface area contributed by atoms with Gasteiger partial charge in [0.25, 0.3) is 0 Å². The molecule has 1 atom stereocenters. The maximum atomic E-state index is 4.79. The second-order valence-electron chi connectivity index (χ2n) is 7.54. The van der Waals surface area contributed by atoms with Crippen LogP contribution in [0.2, 0.25) is 0 Å². The van der Waals surface area contributed by atoms with Crippen LogP contribution in [0.3, 0.4) is 0 Å². The van der Waals surface area contributed by atoms with Crippen LogP contribution in [-0.2, 0) is 12.0 Å². The van der Waals surface area contributed by atoms with E-state index < -0.39 is 0 Å². The van der Waals surface area contributed by atoms with Gasteiger partial charge >= 0.3 is 0 Å². The van der Waals surface area contributed by atoms with Crippen molar-refractivity contribution in [2.75, 3.05) is 16.8 Å². The van der Waals surface area contributed by atoms with Crippen LogP contribution in [0.4, 0.5) is 11.8 Å². The minimum Gasteiger partial charge on any atom is -0.352 e. The molecular weight excluding hydrogens is 296 g/mol. The fourth-order valence-electron chi connectivity index (χ4n) is 3.41. The average molecular weight is 324 g/mol. The number of benzene rings is 1. The van der Waals surface area contributed by atoms with Crippen molar-refractivity contribution in [3.05, 3.63) is 47.2 Å². The summed E-state index contributed by atoms with van der Waals surface area (Å²) in [6.45, 7) is 12.8. The van der Waals surface area contributed by atoms with E-state index in [0.717, 1.165) is 37.0 Å². The Balaban J connectivity index is 1.93. The molecule has 1 aliphatic heterocycles. The molecule has 0 unspecified atom stereocenters. The molecule has 0 saturated heterocycles. The Hall–Kier alpha value is -2.10. The third kappa shape index (κ3) is 3.37. The highest BCUT2D eigenvalue weighted by Crippen LogP contribution is 2.35. The number of hydrogen-bond donors (Lipinski definition) is 1. The minimum absolute atomic E-state index is 0.109. The van der Waals surface area contributed by atoms with E-state index in [9.17, 15) is 0 Å². The highest BCUT2D eigenvalue weighted by atomic mass is 15.2. The first kappa shape index (κ1) is 16.7. The normalized spacial score (nSPS) is 17.3. The zero-order chi connectivity index (χ0) is 17.3. The van der Waals surface area contributed by atoms with E-state index in [-0.39, 0.29) is 5.41 Å². The van der Waals surface area contributed by atoms with Crippen molar-refractivity contribution in [2.24, 2.45) is 0 Å². The third-order valence-electron chi connectivity index (χ3n) is 4.85. The van der Waals surface area contributed by atoms with Gasteiger partial charge < -0.3 is 10.2 Å². The van der Waals surface area contributed by atoms with Crippen molar-refractivity contribution in [1.82, 2.24) is 9.97 Å². The Kier molecular flexibility index (Phi) is 4.48. The van der Waals surface area contributed by atoms with E-state index in [1.165, 1.54) is 11.1 Å². The summed E-state index contributed by atoms with van der Waals surface area (Å²) in [6.07, 6.45) is 1.05. The van der Waals surface area contributed by atoms with Crippen molar-refractivity contribution in [1.29, 1.82) is 0 Å². The Morgan fingerprint density at radius 1 is 1.25 bits per heavy atom. The van der Waals surface area contributed by atoms with Crippen molar-refractivity contribution in [3.63, 3.8) is 0 Å². The Bertz CT molecular complexity index is 723. The molecule has 1 N–H and O–H groups in total. The van der Waals surface area contributed by atoms with E-state index in [1.807, 2.05) is 6.92 Å². The highest BCUT2D eigenvalue weighted by Gasteiger charge is 2.32. The molecule has 2 heterocycles. The van der Waals surface area contributed by atoms with E-state index >= 15 is 0 Å². The molecular formula is C20H28N4. The number of rotatable bonds is 4. The van der Waals surface area contributed by atoms with Crippen LogP contribution < -0.4 is 10.2 Å². The average Bonchev–Trinajstić information content (AvgIpc) is 2.53. The minimum atomic E-state index is 0.109. The van der Waals surface area contributed by atoms with Gasteiger partial charge in [-0.05, 0) is 31.4 Å². The van der Waals surface area contributed by atoms with Gasteiger partial charge in [-0.15, -0.1) is 0 Å². The summed E-state index contributed by atoms with van der Waals surface area (Å²) >= 11 is 0. The van der Waals surface area contributed by atoms with Crippen molar-refractivity contribution in [3.8, 4) is 0 Å². The molecule has 24 heavy (non-hydrogen) atoms. The molecule has 0 fully saturated rings. The van der Waals surface area contributed by atoms with E-state index in [4.69, 9.17) is 4.98 Å². The number of fused-ring (bicyclic) bond motifs is 1. The van der Waals surface area contributed by atoms with Gasteiger partial charge in [0.15, 0.2) is 0 Å². The van der Waals surface area contributed by atoms with Gasteiger partial charge in [0, 0.05) is 36.3 Å². The smallest absolute Gasteiger partial charge is 0.225 e. The third-order valence-corrected chi connectivity index (χ3v) is 4.85. The number of nitrogens with zero attached hydrogens (tertiary/aromatic N) is 3. The summed E-state index contributed by atoms with van der Waals surface area (Å²) in [6, 6.07) is 11.2. The fraction of sp³-hybridized carbons (Fsp3) is 0.500. The summed E-state index contributed by atoms with van der Waals surface area (Å²) in [5.74, 6) is 1.74. The first-order valence-corrected chi connectivity index (χ1v) is 8.84. The lowest BCUT2D eigenvalue weighted by atomic mass is 9.78. The molecule has 4 nitrogen and oxygen atoms in total. The molecule has 1 aromatic heterocycles. The molecule has 2 aromatic rings. The van der Waals surface area contributed by atoms with Crippen LogP contribution in [0.1, 0.15) is 50.9 Å².